The molecule has 0 saturated carbocycles. The van der Waals surface area contributed by atoms with Crippen LogP contribution in [-0.4, -0.2) is 18.1 Å². The molecule has 0 unspecified atom stereocenters. The lowest BCUT2D eigenvalue weighted by Crippen LogP contribution is -2.05. The molecule has 4 nitrogen and oxygen atoms in total. The van der Waals surface area contributed by atoms with Crippen LogP contribution in [0.3, 0.4) is 0 Å². The summed E-state index contributed by atoms with van der Waals surface area (Å²) in [6.07, 6.45) is 0. The lowest BCUT2D eigenvalue weighted by molar-refractivity contribution is 0.329. The summed E-state index contributed by atoms with van der Waals surface area (Å²) in [6.45, 7) is 6.77. The first-order valence-corrected chi connectivity index (χ1v) is 5.39. The molecule has 15 heavy (non-hydrogen) atoms. The quantitative estimate of drug-likeness (QED) is 0.864. The molecule has 5 heteroatoms. The minimum Gasteiger partial charge on any atom is -0.476 e. The van der Waals surface area contributed by atoms with Crippen LogP contribution < -0.4 is 15.8 Å². The lowest BCUT2D eigenvalue weighted by Gasteiger charge is -2.09. The van der Waals surface area contributed by atoms with Crippen molar-refractivity contribution >= 4 is 27.4 Å². The zero-order chi connectivity index (χ0) is 11.3. The third kappa shape index (κ3) is 3.79. The van der Waals surface area contributed by atoms with Gasteiger partial charge in [0.05, 0.1) is 12.3 Å². The fourth-order valence-electron chi connectivity index (χ4n) is 0.988. The van der Waals surface area contributed by atoms with Gasteiger partial charge in [-0.15, -0.1) is 0 Å². The molecule has 0 fully saturated rings. The van der Waals surface area contributed by atoms with E-state index in [-0.39, 0.29) is 0 Å². The number of nitrogens with one attached hydrogen (secondary N) is 1. The number of ether oxygens (including phenoxy) is 1. The smallest absolute Gasteiger partial charge is 0.239 e. The number of hydrogen-bond donors (Lipinski definition) is 2. The highest BCUT2D eigenvalue weighted by Crippen LogP contribution is 2.20. The van der Waals surface area contributed by atoms with Gasteiger partial charge in [0.25, 0.3) is 0 Å². The summed E-state index contributed by atoms with van der Waals surface area (Å²) >= 11 is 3.25. The number of halogens is 1. The molecule has 0 bridgehead atoms. The minimum absolute atomic E-state index is 0.461. The van der Waals surface area contributed by atoms with Gasteiger partial charge >= 0.3 is 0 Å². The number of nitrogens with zero attached hydrogens (tertiary/aromatic N) is 1. The Morgan fingerprint density at radius 3 is 3.00 bits per heavy atom. The Hall–Kier alpha value is -1.23. The van der Waals surface area contributed by atoms with Crippen LogP contribution in [0.1, 0.15) is 6.92 Å². The fourth-order valence-corrected chi connectivity index (χ4v) is 1.13. The summed E-state index contributed by atoms with van der Waals surface area (Å²) in [5, 5.41) is 3.08. The largest absolute Gasteiger partial charge is 0.476 e. The summed E-state index contributed by atoms with van der Waals surface area (Å²) in [7, 11) is 0. The maximum absolute atomic E-state index is 5.69. The van der Waals surface area contributed by atoms with Crippen molar-refractivity contribution in [2.24, 2.45) is 0 Å². The minimum atomic E-state index is 0.461. The van der Waals surface area contributed by atoms with Gasteiger partial charge in [0.2, 0.25) is 5.88 Å². The molecule has 0 aliphatic heterocycles. The zero-order valence-corrected chi connectivity index (χ0v) is 10.2. The molecule has 1 aromatic rings. The van der Waals surface area contributed by atoms with Crippen molar-refractivity contribution in [1.29, 1.82) is 0 Å². The van der Waals surface area contributed by atoms with Crippen molar-refractivity contribution in [1.82, 2.24) is 4.98 Å². The SMILES string of the molecule is C=C(Br)CNc1ccc(N)c(OCC)n1. The summed E-state index contributed by atoms with van der Waals surface area (Å²) in [6, 6.07) is 3.56. The molecular formula is C10H14BrN3O. The predicted molar refractivity (Wildman–Crippen MR) is 66.4 cm³/mol. The van der Waals surface area contributed by atoms with Crippen LogP contribution in [0.15, 0.2) is 23.2 Å². The van der Waals surface area contributed by atoms with Gasteiger partial charge in [-0.3, -0.25) is 0 Å². The average molecular weight is 272 g/mol. The third-order valence-corrected chi connectivity index (χ3v) is 1.91. The Kier molecular flexibility index (Phi) is 4.42. The van der Waals surface area contributed by atoms with Gasteiger partial charge < -0.3 is 15.8 Å². The van der Waals surface area contributed by atoms with Gasteiger partial charge in [0.15, 0.2) is 0 Å². The molecule has 1 aromatic heterocycles. The van der Waals surface area contributed by atoms with Crippen LogP contribution in [0, 0.1) is 0 Å². The number of nitrogen functional groups attached to an aromatic ring is 1. The van der Waals surface area contributed by atoms with Crippen molar-refractivity contribution in [2.75, 3.05) is 24.2 Å². The van der Waals surface area contributed by atoms with E-state index in [0.29, 0.717) is 30.5 Å². The molecule has 0 amide bonds. The number of rotatable bonds is 5. The van der Waals surface area contributed by atoms with Crippen molar-refractivity contribution in [2.45, 2.75) is 6.92 Å². The summed E-state index contributed by atoms with van der Waals surface area (Å²) in [4.78, 5) is 4.21. The summed E-state index contributed by atoms with van der Waals surface area (Å²) in [5.74, 6) is 1.18. The molecule has 82 valence electrons. The van der Waals surface area contributed by atoms with E-state index in [1.54, 1.807) is 12.1 Å². The molecule has 0 spiro atoms. The predicted octanol–water partition coefficient (Wildman–Crippen LogP) is 2.38. The fraction of sp³-hybridized carbons (Fsp3) is 0.300. The molecule has 0 radical (unpaired) electrons. The second-order valence-electron chi connectivity index (χ2n) is 2.89. The van der Waals surface area contributed by atoms with Gasteiger partial charge in [0.1, 0.15) is 5.82 Å². The van der Waals surface area contributed by atoms with E-state index in [1.165, 1.54) is 0 Å². The highest BCUT2D eigenvalue weighted by Gasteiger charge is 2.03. The maximum atomic E-state index is 5.69. The number of nitrogens with two attached hydrogens (primary N) is 1. The molecule has 0 aliphatic carbocycles. The highest BCUT2D eigenvalue weighted by molar-refractivity contribution is 9.11. The first-order valence-electron chi connectivity index (χ1n) is 4.60. The van der Waals surface area contributed by atoms with E-state index in [4.69, 9.17) is 10.5 Å². The molecule has 1 heterocycles. The Morgan fingerprint density at radius 1 is 1.67 bits per heavy atom. The van der Waals surface area contributed by atoms with Crippen LogP contribution in [-0.2, 0) is 0 Å². The number of anilines is 2. The number of hydrogen-bond acceptors (Lipinski definition) is 4. The Morgan fingerprint density at radius 2 is 2.40 bits per heavy atom. The van der Waals surface area contributed by atoms with E-state index < -0.39 is 0 Å². The summed E-state index contributed by atoms with van der Waals surface area (Å²) in [5.41, 5.74) is 6.23. The Labute approximate surface area is 97.7 Å². The Balaban J connectivity index is 2.73. The molecule has 0 aliphatic rings. The molecule has 1 rings (SSSR count). The first kappa shape index (κ1) is 11.8. The van der Waals surface area contributed by atoms with Crippen molar-refractivity contribution in [3.8, 4) is 5.88 Å². The topological polar surface area (TPSA) is 60.2 Å². The van der Waals surface area contributed by atoms with Crippen molar-refractivity contribution in [3.05, 3.63) is 23.2 Å². The van der Waals surface area contributed by atoms with Crippen molar-refractivity contribution in [3.63, 3.8) is 0 Å². The van der Waals surface area contributed by atoms with Crippen LogP contribution in [0.5, 0.6) is 5.88 Å². The molecule has 0 atom stereocenters. The van der Waals surface area contributed by atoms with Gasteiger partial charge in [-0.1, -0.05) is 22.5 Å². The van der Waals surface area contributed by atoms with Crippen LogP contribution in [0.4, 0.5) is 11.5 Å². The first-order chi connectivity index (χ1) is 7.13. The third-order valence-electron chi connectivity index (χ3n) is 1.63. The van der Waals surface area contributed by atoms with Gasteiger partial charge in [-0.2, -0.15) is 4.98 Å². The molecule has 0 saturated heterocycles. The number of pyridine rings is 1. The highest BCUT2D eigenvalue weighted by atomic mass is 79.9. The second-order valence-corrected chi connectivity index (χ2v) is 4.02. The van der Waals surface area contributed by atoms with Gasteiger partial charge in [0, 0.05) is 11.0 Å². The van der Waals surface area contributed by atoms with Crippen LogP contribution >= 0.6 is 15.9 Å². The summed E-state index contributed by atoms with van der Waals surface area (Å²) < 4.78 is 6.13. The monoisotopic (exact) mass is 271 g/mol. The molecule has 3 N–H and O–H groups in total. The Bertz CT molecular complexity index is 355. The second kappa shape index (κ2) is 5.60. The van der Waals surface area contributed by atoms with E-state index in [2.05, 4.69) is 32.8 Å². The van der Waals surface area contributed by atoms with Crippen LogP contribution in [0.2, 0.25) is 0 Å². The molecular weight excluding hydrogens is 258 g/mol. The van der Waals surface area contributed by atoms with E-state index in [1.807, 2.05) is 6.92 Å². The normalized spacial score (nSPS) is 9.73. The zero-order valence-electron chi connectivity index (χ0n) is 8.59. The number of aromatic nitrogens is 1. The lowest BCUT2D eigenvalue weighted by atomic mass is 10.4. The van der Waals surface area contributed by atoms with Crippen molar-refractivity contribution < 1.29 is 4.74 Å². The van der Waals surface area contributed by atoms with Gasteiger partial charge in [-0.25, -0.2) is 0 Å². The maximum Gasteiger partial charge on any atom is 0.239 e. The van der Waals surface area contributed by atoms with E-state index in [9.17, 15) is 0 Å². The molecule has 0 aromatic carbocycles. The van der Waals surface area contributed by atoms with E-state index >= 15 is 0 Å². The van der Waals surface area contributed by atoms with E-state index in [0.717, 1.165) is 4.48 Å². The standard InChI is InChI=1S/C10H14BrN3O/c1-3-15-10-8(12)4-5-9(14-10)13-6-7(2)11/h4-5H,2-3,6,12H2,1H3,(H,13,14). The van der Waals surface area contributed by atoms with Crippen LogP contribution in [0.25, 0.3) is 0 Å². The van der Waals surface area contributed by atoms with Gasteiger partial charge in [-0.05, 0) is 19.1 Å². The average Bonchev–Trinajstić information content (AvgIpc) is 2.19.